The van der Waals surface area contributed by atoms with E-state index in [0.29, 0.717) is 5.02 Å². The van der Waals surface area contributed by atoms with E-state index >= 15 is 0 Å². The molecule has 1 aliphatic heterocycles. The standard InChI is InChI=1S/C16H14ClFN2.C2H8N2S.C2H7N.C2H6/c1-20-10-15(12-3-2-4-14(18)9-12)16(19-20)11-5-7-13(17)8-6-11;1-4(2)5-3;1-3-2;1-2/h2-9,15H,10H2,1H3;3H2,1-2H3;3H,1-2H3;1-2H3. The van der Waals surface area contributed by atoms with Gasteiger partial charge in [-0.15, -0.1) is 0 Å². The predicted octanol–water partition coefficient (Wildman–Crippen LogP) is 4.84. The quantitative estimate of drug-likeness (QED) is 0.648. The van der Waals surface area contributed by atoms with Crippen LogP contribution in [0.4, 0.5) is 4.39 Å². The van der Waals surface area contributed by atoms with Gasteiger partial charge in [0.15, 0.2) is 0 Å². The summed E-state index contributed by atoms with van der Waals surface area (Å²) in [6.07, 6.45) is 0. The molecule has 168 valence electrons. The Bertz CT molecular complexity index is 741. The predicted molar refractivity (Wildman–Crippen MR) is 132 cm³/mol. The molecule has 0 bridgehead atoms. The minimum absolute atomic E-state index is 0.0804. The van der Waals surface area contributed by atoms with Crippen LogP contribution < -0.4 is 10.5 Å². The summed E-state index contributed by atoms with van der Waals surface area (Å²) in [6, 6.07) is 14.3. The van der Waals surface area contributed by atoms with Crippen molar-refractivity contribution < 1.29 is 4.39 Å². The van der Waals surface area contributed by atoms with Crippen LogP contribution in [0.1, 0.15) is 30.9 Å². The van der Waals surface area contributed by atoms with Gasteiger partial charge in [0.1, 0.15) is 5.82 Å². The summed E-state index contributed by atoms with van der Waals surface area (Å²) in [7, 11) is 9.46. The van der Waals surface area contributed by atoms with Crippen molar-refractivity contribution in [3.05, 3.63) is 70.5 Å². The third-order valence-corrected chi connectivity index (χ3v) is 4.33. The molecule has 0 aliphatic carbocycles. The first kappa shape index (κ1) is 28.4. The summed E-state index contributed by atoms with van der Waals surface area (Å²) in [5.74, 6) is -0.135. The summed E-state index contributed by atoms with van der Waals surface area (Å²) in [4.78, 5) is 0. The molecule has 0 aromatic heterocycles. The summed E-state index contributed by atoms with van der Waals surface area (Å²) >= 11 is 7.13. The highest BCUT2D eigenvalue weighted by Crippen LogP contribution is 2.28. The number of nitrogens with one attached hydrogen (secondary N) is 1. The fourth-order valence-corrected chi connectivity index (χ4v) is 2.64. The van der Waals surface area contributed by atoms with Gasteiger partial charge >= 0.3 is 0 Å². The van der Waals surface area contributed by atoms with Gasteiger partial charge in [0.25, 0.3) is 0 Å². The van der Waals surface area contributed by atoms with E-state index in [2.05, 4.69) is 10.4 Å². The minimum atomic E-state index is -0.215. The number of halogens is 2. The molecule has 2 aromatic rings. The maximum absolute atomic E-state index is 13.4. The molecule has 3 N–H and O–H groups in total. The van der Waals surface area contributed by atoms with Crippen LogP contribution in [0.5, 0.6) is 0 Å². The number of rotatable bonds is 3. The second-order valence-electron chi connectivity index (χ2n) is 6.36. The highest BCUT2D eigenvalue weighted by molar-refractivity contribution is 7.94. The third-order valence-electron chi connectivity index (χ3n) is 3.66. The molecule has 30 heavy (non-hydrogen) atoms. The van der Waals surface area contributed by atoms with E-state index in [9.17, 15) is 4.39 Å². The van der Waals surface area contributed by atoms with Crippen molar-refractivity contribution in [2.45, 2.75) is 19.8 Å². The maximum atomic E-state index is 13.4. The van der Waals surface area contributed by atoms with E-state index in [1.807, 2.05) is 88.7 Å². The highest BCUT2D eigenvalue weighted by Gasteiger charge is 2.27. The van der Waals surface area contributed by atoms with Gasteiger partial charge < -0.3 is 5.32 Å². The Kier molecular flexibility index (Phi) is 15.2. The smallest absolute Gasteiger partial charge is 0.123 e. The van der Waals surface area contributed by atoms with Crippen molar-refractivity contribution in [1.29, 1.82) is 0 Å². The van der Waals surface area contributed by atoms with Gasteiger partial charge in [-0.2, -0.15) is 5.10 Å². The average Bonchev–Trinajstić information content (AvgIpc) is 3.13. The molecule has 8 heteroatoms. The molecule has 1 aliphatic rings. The SMILES string of the molecule is CC.CN(C)SN.CN1CC(c2cccc(F)c2)C(c2ccc(Cl)cc2)=N1.CNC. The summed E-state index contributed by atoms with van der Waals surface area (Å²) in [6.45, 7) is 4.75. The normalized spacial score (nSPS) is 14.6. The zero-order chi connectivity index (χ0) is 23.1. The lowest BCUT2D eigenvalue weighted by Crippen LogP contribution is -2.16. The van der Waals surface area contributed by atoms with Gasteiger partial charge in [0, 0.05) is 36.7 Å². The van der Waals surface area contributed by atoms with E-state index in [4.69, 9.17) is 16.7 Å². The molecular weight excluding hydrogens is 421 g/mol. The Labute approximate surface area is 190 Å². The fraction of sp³-hybridized carbons (Fsp3) is 0.409. The van der Waals surface area contributed by atoms with E-state index in [0.717, 1.165) is 23.4 Å². The largest absolute Gasteiger partial charge is 0.323 e. The van der Waals surface area contributed by atoms with Crippen LogP contribution >= 0.6 is 23.7 Å². The molecule has 0 radical (unpaired) electrons. The molecule has 0 fully saturated rings. The van der Waals surface area contributed by atoms with Crippen LogP contribution in [0.25, 0.3) is 0 Å². The molecule has 0 spiro atoms. The van der Waals surface area contributed by atoms with Crippen molar-refractivity contribution in [3.8, 4) is 0 Å². The first-order valence-electron chi connectivity index (χ1n) is 9.76. The van der Waals surface area contributed by atoms with Crippen molar-refractivity contribution >= 4 is 29.4 Å². The average molecular weight is 456 g/mol. The van der Waals surface area contributed by atoms with Crippen LogP contribution in [0.15, 0.2) is 53.6 Å². The third kappa shape index (κ3) is 10.4. The number of hydrogen-bond donors (Lipinski definition) is 2. The lowest BCUT2D eigenvalue weighted by Gasteiger charge is -2.13. The van der Waals surface area contributed by atoms with Crippen LogP contribution in [-0.2, 0) is 0 Å². The molecule has 2 aromatic carbocycles. The van der Waals surface area contributed by atoms with E-state index in [1.54, 1.807) is 12.1 Å². The maximum Gasteiger partial charge on any atom is 0.123 e. The first-order valence-corrected chi connectivity index (χ1v) is 11.0. The van der Waals surface area contributed by atoms with Crippen molar-refractivity contribution in [3.63, 3.8) is 0 Å². The lowest BCUT2D eigenvalue weighted by atomic mass is 9.90. The number of hydrazone groups is 1. The number of nitrogens with zero attached hydrogens (tertiary/aromatic N) is 3. The van der Waals surface area contributed by atoms with Crippen LogP contribution in [0, 0.1) is 5.82 Å². The van der Waals surface area contributed by atoms with Crippen LogP contribution in [-0.4, -0.2) is 56.8 Å². The number of hydrogen-bond acceptors (Lipinski definition) is 6. The molecular formula is C22H35ClFN5S. The highest BCUT2D eigenvalue weighted by atomic mass is 35.5. The summed E-state index contributed by atoms with van der Waals surface area (Å²) in [5.41, 5.74) is 2.92. The van der Waals surface area contributed by atoms with E-state index < -0.39 is 0 Å². The van der Waals surface area contributed by atoms with Crippen molar-refractivity contribution in [2.24, 2.45) is 10.2 Å². The second kappa shape index (κ2) is 16.1. The van der Waals surface area contributed by atoms with Gasteiger partial charge in [0.05, 0.1) is 5.71 Å². The second-order valence-corrected chi connectivity index (χ2v) is 7.74. The minimum Gasteiger partial charge on any atom is -0.323 e. The van der Waals surface area contributed by atoms with E-state index in [1.165, 1.54) is 18.2 Å². The molecule has 1 atom stereocenters. The number of nitrogens with two attached hydrogens (primary N) is 1. The monoisotopic (exact) mass is 455 g/mol. The van der Waals surface area contributed by atoms with Crippen molar-refractivity contribution in [1.82, 2.24) is 14.6 Å². The Hall–Kier alpha value is -1.64. The fourth-order valence-electron chi connectivity index (χ4n) is 2.51. The van der Waals surface area contributed by atoms with Gasteiger partial charge in [-0.25, -0.2) is 8.70 Å². The van der Waals surface area contributed by atoms with Gasteiger partial charge in [-0.05, 0) is 63.6 Å². The van der Waals surface area contributed by atoms with Gasteiger partial charge in [-0.3, -0.25) is 10.1 Å². The molecule has 0 saturated heterocycles. The molecule has 0 saturated carbocycles. The number of benzene rings is 2. The van der Waals surface area contributed by atoms with Crippen LogP contribution in [0.3, 0.4) is 0 Å². The Morgan fingerprint density at radius 1 is 1.17 bits per heavy atom. The zero-order valence-electron chi connectivity index (χ0n) is 19.0. The van der Waals surface area contributed by atoms with Gasteiger partial charge in [-0.1, -0.05) is 49.7 Å². The Morgan fingerprint density at radius 3 is 2.17 bits per heavy atom. The van der Waals surface area contributed by atoms with E-state index in [-0.39, 0.29) is 11.7 Å². The molecule has 0 amide bonds. The lowest BCUT2D eigenvalue weighted by molar-refractivity contribution is 0.381. The molecule has 3 rings (SSSR count). The molecule has 1 heterocycles. The molecule has 1 unspecified atom stereocenters. The summed E-state index contributed by atoms with van der Waals surface area (Å²) in [5, 5.41) is 14.9. The Morgan fingerprint density at radius 2 is 1.70 bits per heavy atom. The molecule has 5 nitrogen and oxygen atoms in total. The zero-order valence-corrected chi connectivity index (χ0v) is 20.6. The van der Waals surface area contributed by atoms with Crippen molar-refractivity contribution in [2.75, 3.05) is 41.8 Å². The Balaban J connectivity index is 0.000000716. The number of likely N-dealkylation sites (N-methyl/N-ethyl adjacent to an activating group) is 1. The topological polar surface area (TPSA) is 56.9 Å². The summed E-state index contributed by atoms with van der Waals surface area (Å²) < 4.78 is 15.2. The first-order chi connectivity index (χ1) is 14.3. The van der Waals surface area contributed by atoms with Gasteiger partial charge in [0.2, 0.25) is 0 Å². The van der Waals surface area contributed by atoms with Crippen LogP contribution in [0.2, 0.25) is 5.02 Å².